The van der Waals surface area contributed by atoms with E-state index in [1.807, 2.05) is 7.05 Å². The molecular formula is C23H30N4O. The molecule has 0 bridgehead atoms. The first-order valence-corrected chi connectivity index (χ1v) is 10.2. The first kappa shape index (κ1) is 19.0. The van der Waals surface area contributed by atoms with Gasteiger partial charge in [0, 0.05) is 45.7 Å². The van der Waals surface area contributed by atoms with E-state index in [1.165, 1.54) is 22.3 Å². The molecule has 1 heterocycles. The molecule has 2 aliphatic rings. The van der Waals surface area contributed by atoms with Gasteiger partial charge in [-0.25, -0.2) is 0 Å². The zero-order valence-electron chi connectivity index (χ0n) is 16.7. The van der Waals surface area contributed by atoms with Gasteiger partial charge in [0.15, 0.2) is 5.96 Å². The number of morpholine rings is 1. The van der Waals surface area contributed by atoms with Crippen LogP contribution < -0.4 is 10.6 Å². The molecule has 0 radical (unpaired) electrons. The molecule has 4 rings (SSSR count). The number of fused-ring (bicyclic) bond motifs is 1. The third-order valence-corrected chi connectivity index (χ3v) is 5.76. The smallest absolute Gasteiger partial charge is 0.191 e. The quantitative estimate of drug-likeness (QED) is 0.599. The number of nitrogens with zero attached hydrogens (tertiary/aromatic N) is 2. The minimum Gasteiger partial charge on any atom is -0.379 e. The van der Waals surface area contributed by atoms with E-state index in [9.17, 15) is 0 Å². The number of rotatable bonds is 6. The predicted octanol–water partition coefficient (Wildman–Crippen LogP) is 2.52. The number of guanidine groups is 1. The third kappa shape index (κ3) is 4.54. The summed E-state index contributed by atoms with van der Waals surface area (Å²) in [4.78, 5) is 6.86. The molecule has 0 saturated carbocycles. The highest BCUT2D eigenvalue weighted by Crippen LogP contribution is 2.33. The number of hydrogen-bond acceptors (Lipinski definition) is 3. The fourth-order valence-corrected chi connectivity index (χ4v) is 4.05. The lowest BCUT2D eigenvalue weighted by molar-refractivity contribution is 0.0341. The first-order chi connectivity index (χ1) is 13.8. The topological polar surface area (TPSA) is 48.9 Å². The van der Waals surface area contributed by atoms with Crippen molar-refractivity contribution in [3.63, 3.8) is 0 Å². The lowest BCUT2D eigenvalue weighted by atomic mass is 9.78. The molecule has 0 amide bonds. The van der Waals surface area contributed by atoms with Crippen molar-refractivity contribution in [2.45, 2.75) is 25.4 Å². The van der Waals surface area contributed by atoms with Crippen LogP contribution in [0.25, 0.3) is 0 Å². The predicted molar refractivity (Wildman–Crippen MR) is 114 cm³/mol. The van der Waals surface area contributed by atoms with E-state index in [0.29, 0.717) is 5.92 Å². The first-order valence-electron chi connectivity index (χ1n) is 10.2. The van der Waals surface area contributed by atoms with E-state index in [1.54, 1.807) is 0 Å². The van der Waals surface area contributed by atoms with Crippen molar-refractivity contribution in [2.24, 2.45) is 4.99 Å². The summed E-state index contributed by atoms with van der Waals surface area (Å²) in [6, 6.07) is 17.4. The van der Waals surface area contributed by atoms with Gasteiger partial charge in [-0.3, -0.25) is 9.89 Å². The summed E-state index contributed by atoms with van der Waals surface area (Å²) < 4.78 is 5.47. The Kier molecular flexibility index (Phi) is 6.24. The molecule has 1 aliphatic carbocycles. The molecule has 2 aromatic carbocycles. The average Bonchev–Trinajstić information content (AvgIpc) is 2.72. The van der Waals surface area contributed by atoms with Gasteiger partial charge in [0.1, 0.15) is 0 Å². The average molecular weight is 379 g/mol. The van der Waals surface area contributed by atoms with Crippen molar-refractivity contribution in [1.29, 1.82) is 0 Å². The molecule has 1 aliphatic heterocycles. The van der Waals surface area contributed by atoms with E-state index in [0.717, 1.165) is 58.3 Å². The molecule has 2 N–H and O–H groups in total. The zero-order chi connectivity index (χ0) is 19.2. The van der Waals surface area contributed by atoms with Crippen LogP contribution in [-0.2, 0) is 24.2 Å². The molecule has 148 valence electrons. The van der Waals surface area contributed by atoms with Crippen molar-refractivity contribution in [3.8, 4) is 0 Å². The van der Waals surface area contributed by atoms with Gasteiger partial charge < -0.3 is 15.4 Å². The standard InChI is InChI=1S/C23H30N4O/c1-24-23(26-16-21-14-18-6-4-5-9-22(18)21)25-15-19-7-2-3-8-20(19)17-27-10-12-28-13-11-27/h2-9,21H,10-17H2,1H3,(H2,24,25,26). The van der Waals surface area contributed by atoms with Gasteiger partial charge in [-0.15, -0.1) is 0 Å². The summed E-state index contributed by atoms with van der Waals surface area (Å²) in [6.45, 7) is 6.36. The summed E-state index contributed by atoms with van der Waals surface area (Å²) in [5, 5.41) is 6.98. The summed E-state index contributed by atoms with van der Waals surface area (Å²) in [6.07, 6.45) is 1.16. The second kappa shape index (κ2) is 9.22. The maximum Gasteiger partial charge on any atom is 0.191 e. The highest BCUT2D eigenvalue weighted by molar-refractivity contribution is 5.79. The molecule has 0 aromatic heterocycles. The van der Waals surface area contributed by atoms with Crippen LogP contribution in [0.5, 0.6) is 0 Å². The van der Waals surface area contributed by atoms with Crippen LogP contribution in [0.3, 0.4) is 0 Å². The SMILES string of the molecule is CN=C(NCc1ccccc1CN1CCOCC1)NCC1Cc2ccccc21. The number of ether oxygens (including phenoxy) is 1. The normalized spacial score (nSPS) is 19.6. The van der Waals surface area contributed by atoms with Crippen molar-refractivity contribution in [3.05, 3.63) is 70.8 Å². The van der Waals surface area contributed by atoms with E-state index in [-0.39, 0.29) is 0 Å². The fourth-order valence-electron chi connectivity index (χ4n) is 4.05. The summed E-state index contributed by atoms with van der Waals surface area (Å²) >= 11 is 0. The molecule has 1 fully saturated rings. The lowest BCUT2D eigenvalue weighted by Gasteiger charge is -2.30. The molecule has 5 nitrogen and oxygen atoms in total. The van der Waals surface area contributed by atoms with Crippen LogP contribution >= 0.6 is 0 Å². The van der Waals surface area contributed by atoms with Crippen molar-refractivity contribution < 1.29 is 4.74 Å². The Balaban J connectivity index is 1.29. The molecule has 1 unspecified atom stereocenters. The Labute approximate surface area is 167 Å². The highest BCUT2D eigenvalue weighted by atomic mass is 16.5. The van der Waals surface area contributed by atoms with Gasteiger partial charge >= 0.3 is 0 Å². The Bertz CT molecular complexity index is 814. The van der Waals surface area contributed by atoms with Crippen LogP contribution in [-0.4, -0.2) is 50.8 Å². The van der Waals surface area contributed by atoms with E-state index >= 15 is 0 Å². The molecule has 1 saturated heterocycles. The fraction of sp³-hybridized carbons (Fsp3) is 0.435. The largest absolute Gasteiger partial charge is 0.379 e. The number of nitrogens with one attached hydrogen (secondary N) is 2. The van der Waals surface area contributed by atoms with E-state index < -0.39 is 0 Å². The Morgan fingerprint density at radius 2 is 1.79 bits per heavy atom. The molecule has 5 heteroatoms. The Morgan fingerprint density at radius 3 is 2.57 bits per heavy atom. The molecular weight excluding hydrogens is 348 g/mol. The van der Waals surface area contributed by atoms with E-state index in [2.05, 4.69) is 69.1 Å². The van der Waals surface area contributed by atoms with Crippen molar-refractivity contribution in [2.75, 3.05) is 39.9 Å². The molecule has 28 heavy (non-hydrogen) atoms. The van der Waals surface area contributed by atoms with Gasteiger partial charge in [0.25, 0.3) is 0 Å². The zero-order valence-corrected chi connectivity index (χ0v) is 16.7. The van der Waals surface area contributed by atoms with Gasteiger partial charge in [0.2, 0.25) is 0 Å². The monoisotopic (exact) mass is 378 g/mol. The second-order valence-electron chi connectivity index (χ2n) is 7.56. The number of benzene rings is 2. The maximum absolute atomic E-state index is 5.47. The van der Waals surface area contributed by atoms with Gasteiger partial charge in [-0.2, -0.15) is 0 Å². The van der Waals surface area contributed by atoms with Crippen molar-refractivity contribution >= 4 is 5.96 Å². The van der Waals surface area contributed by atoms with Crippen molar-refractivity contribution in [1.82, 2.24) is 15.5 Å². The Hall–Kier alpha value is -2.37. The minimum atomic E-state index is 0.586. The second-order valence-corrected chi connectivity index (χ2v) is 7.56. The van der Waals surface area contributed by atoms with Gasteiger partial charge in [-0.1, -0.05) is 48.5 Å². The maximum atomic E-state index is 5.47. The summed E-state index contributed by atoms with van der Waals surface area (Å²) in [5.41, 5.74) is 5.65. The number of hydrogen-bond donors (Lipinski definition) is 2. The van der Waals surface area contributed by atoms with Crippen LogP contribution in [0.4, 0.5) is 0 Å². The van der Waals surface area contributed by atoms with Crippen LogP contribution in [0, 0.1) is 0 Å². The summed E-state index contributed by atoms with van der Waals surface area (Å²) in [7, 11) is 1.84. The van der Waals surface area contributed by atoms with Gasteiger partial charge in [-0.05, 0) is 28.7 Å². The number of aliphatic imine (C=N–C) groups is 1. The van der Waals surface area contributed by atoms with Gasteiger partial charge in [0.05, 0.1) is 13.2 Å². The Morgan fingerprint density at radius 1 is 1.04 bits per heavy atom. The third-order valence-electron chi connectivity index (χ3n) is 5.76. The molecule has 1 atom stereocenters. The molecule has 0 spiro atoms. The van der Waals surface area contributed by atoms with E-state index in [4.69, 9.17) is 4.74 Å². The highest BCUT2D eigenvalue weighted by Gasteiger charge is 2.25. The van der Waals surface area contributed by atoms with Crippen LogP contribution in [0.15, 0.2) is 53.5 Å². The lowest BCUT2D eigenvalue weighted by Crippen LogP contribution is -2.41. The molecule has 2 aromatic rings. The minimum absolute atomic E-state index is 0.586. The van der Waals surface area contributed by atoms with Crippen LogP contribution in [0.1, 0.15) is 28.2 Å². The van der Waals surface area contributed by atoms with Crippen LogP contribution in [0.2, 0.25) is 0 Å². The summed E-state index contributed by atoms with van der Waals surface area (Å²) in [5.74, 6) is 1.45.